The van der Waals surface area contributed by atoms with E-state index in [0.29, 0.717) is 34.3 Å². The average molecular weight is 540 g/mol. The van der Waals surface area contributed by atoms with Gasteiger partial charge in [-0.15, -0.1) is 0 Å². The van der Waals surface area contributed by atoms with Crippen LogP contribution in [-0.2, 0) is 28.7 Å². The van der Waals surface area contributed by atoms with Gasteiger partial charge in [-0.3, -0.25) is 4.31 Å². The van der Waals surface area contributed by atoms with Crippen LogP contribution in [0.2, 0.25) is 0 Å². The molecule has 0 radical (unpaired) electrons. The number of aryl methyl sites for hydroxylation is 2. The highest BCUT2D eigenvalue weighted by atomic mass is 32.2. The van der Waals surface area contributed by atoms with Crippen molar-refractivity contribution in [3.63, 3.8) is 0 Å². The Labute approximate surface area is 213 Å². The molecule has 3 rings (SSSR count). The summed E-state index contributed by atoms with van der Waals surface area (Å²) in [5, 5.41) is 2.90. The molecule has 0 aliphatic rings. The molecule has 0 aliphatic carbocycles. The van der Waals surface area contributed by atoms with E-state index in [1.807, 2.05) is 0 Å². The van der Waals surface area contributed by atoms with E-state index in [2.05, 4.69) is 26.1 Å². The van der Waals surface area contributed by atoms with Crippen molar-refractivity contribution in [1.82, 2.24) is 15.0 Å². The second-order valence-electron chi connectivity index (χ2n) is 8.03. The van der Waals surface area contributed by atoms with Crippen molar-refractivity contribution in [2.45, 2.75) is 19.0 Å². The van der Waals surface area contributed by atoms with E-state index in [1.165, 1.54) is 38.1 Å². The van der Waals surface area contributed by atoms with Crippen LogP contribution in [0.1, 0.15) is 16.8 Å². The maximum Gasteiger partial charge on any atom is 0.419 e. The largest absolute Gasteiger partial charge is 0.493 e. The fraction of sp³-hybridized carbons (Fsp3) is 0.333. The lowest BCUT2D eigenvalue weighted by atomic mass is 10.1. The predicted molar refractivity (Wildman–Crippen MR) is 138 cm³/mol. The van der Waals surface area contributed by atoms with E-state index < -0.39 is 21.4 Å². The molecule has 2 heterocycles. The van der Waals surface area contributed by atoms with Gasteiger partial charge in [0.2, 0.25) is 11.7 Å². The first-order valence-electron chi connectivity index (χ1n) is 10.9. The highest BCUT2D eigenvalue weighted by Gasteiger charge is 2.35. The minimum Gasteiger partial charge on any atom is -0.493 e. The summed E-state index contributed by atoms with van der Waals surface area (Å²) >= 11 is 0. The van der Waals surface area contributed by atoms with E-state index >= 15 is 0 Å². The van der Waals surface area contributed by atoms with Gasteiger partial charge in [-0.25, -0.2) is 19.2 Å². The molecule has 1 unspecified atom stereocenters. The maximum absolute atomic E-state index is 13.8. The summed E-state index contributed by atoms with van der Waals surface area (Å²) in [5.74, 6) is 5.04. The quantitative estimate of drug-likeness (QED) is 0.384. The summed E-state index contributed by atoms with van der Waals surface area (Å²) in [4.78, 5) is 12.3. The molecule has 13 heteroatoms. The summed E-state index contributed by atoms with van der Waals surface area (Å²) in [7, 11) is 3.31. The fourth-order valence-corrected chi connectivity index (χ4v) is 4.06. The van der Waals surface area contributed by atoms with Crippen molar-refractivity contribution in [3.8, 4) is 17.2 Å². The number of aromatic nitrogens is 3. The van der Waals surface area contributed by atoms with Crippen LogP contribution in [0, 0.1) is 0 Å². The number of benzene rings is 1. The molecule has 3 aromatic rings. The Morgan fingerprint density at radius 2 is 1.73 bits per heavy atom. The molecule has 0 bridgehead atoms. The van der Waals surface area contributed by atoms with E-state index in [1.54, 1.807) is 31.3 Å². The van der Waals surface area contributed by atoms with Gasteiger partial charge in [0, 0.05) is 53.2 Å². The molecule has 0 fully saturated rings. The molecular formula is C24H28F3N5O4S. The van der Waals surface area contributed by atoms with Gasteiger partial charge in [0.05, 0.1) is 32.6 Å². The predicted octanol–water partition coefficient (Wildman–Crippen LogP) is 4.14. The van der Waals surface area contributed by atoms with Crippen LogP contribution in [0.4, 0.5) is 30.6 Å². The Morgan fingerprint density at radius 3 is 2.27 bits per heavy atom. The number of nitrogens with zero attached hydrogens (tertiary/aromatic N) is 4. The standard InChI is InChI=1S/C24H28F3N5O4S/c1-32(37(5,6)33)22-15(8-7-11-28-22)9-10-18-17(24(25,26)27)14-29-23(31-18)30-16-12-19(34-2)21(36-4)20(13-16)35-3/h7-8,11-14H,5,9-10H2,1-4,6H3,(H,29,30,31). The van der Waals surface area contributed by atoms with Gasteiger partial charge in [0.1, 0.15) is 5.82 Å². The Morgan fingerprint density at radius 1 is 1.08 bits per heavy atom. The summed E-state index contributed by atoms with van der Waals surface area (Å²) in [6, 6.07) is 6.55. The van der Waals surface area contributed by atoms with Crippen LogP contribution in [0.25, 0.3) is 0 Å². The molecular weight excluding hydrogens is 511 g/mol. The van der Waals surface area contributed by atoms with Crippen molar-refractivity contribution in [3.05, 3.63) is 53.5 Å². The molecule has 1 N–H and O–H groups in total. The van der Waals surface area contributed by atoms with Gasteiger partial charge in [0.15, 0.2) is 11.5 Å². The van der Waals surface area contributed by atoms with Gasteiger partial charge >= 0.3 is 6.18 Å². The second-order valence-corrected chi connectivity index (χ2v) is 10.5. The van der Waals surface area contributed by atoms with Crippen molar-refractivity contribution < 1.29 is 31.6 Å². The first-order valence-corrected chi connectivity index (χ1v) is 13.0. The molecule has 0 aliphatic heterocycles. The zero-order valence-electron chi connectivity index (χ0n) is 21.0. The van der Waals surface area contributed by atoms with Crippen LogP contribution >= 0.6 is 0 Å². The highest BCUT2D eigenvalue weighted by molar-refractivity contribution is 8.00. The number of hydrogen-bond donors (Lipinski definition) is 1. The summed E-state index contributed by atoms with van der Waals surface area (Å²) in [6.07, 6.45) is -0.846. The van der Waals surface area contributed by atoms with Crippen LogP contribution < -0.4 is 23.8 Å². The lowest BCUT2D eigenvalue weighted by Gasteiger charge is -2.22. The van der Waals surface area contributed by atoms with E-state index in [9.17, 15) is 17.4 Å². The van der Waals surface area contributed by atoms with Gasteiger partial charge in [-0.1, -0.05) is 6.07 Å². The van der Waals surface area contributed by atoms with Crippen LogP contribution in [0.5, 0.6) is 17.2 Å². The summed E-state index contributed by atoms with van der Waals surface area (Å²) in [6.45, 7) is 0. The van der Waals surface area contributed by atoms with Crippen LogP contribution in [0.15, 0.2) is 36.7 Å². The zero-order valence-corrected chi connectivity index (χ0v) is 21.9. The Bertz CT molecular complexity index is 1340. The van der Waals surface area contributed by atoms with Crippen LogP contribution in [0.3, 0.4) is 0 Å². The summed E-state index contributed by atoms with van der Waals surface area (Å²) < 4.78 is 71.1. The smallest absolute Gasteiger partial charge is 0.419 e. The monoisotopic (exact) mass is 539 g/mol. The molecule has 0 amide bonds. The Hall–Kier alpha value is -3.74. The number of hydrogen-bond acceptors (Lipinski definition) is 8. The highest BCUT2D eigenvalue weighted by Crippen LogP contribution is 2.40. The molecule has 0 saturated carbocycles. The fourth-order valence-electron chi connectivity index (χ4n) is 3.53. The van der Waals surface area contributed by atoms with E-state index in [-0.39, 0.29) is 24.5 Å². The molecule has 1 aromatic carbocycles. The Kier molecular flexibility index (Phi) is 8.36. The van der Waals surface area contributed by atoms with Crippen molar-refractivity contribution in [2.24, 2.45) is 0 Å². The molecule has 9 nitrogen and oxygen atoms in total. The number of pyridine rings is 1. The van der Waals surface area contributed by atoms with Crippen molar-refractivity contribution in [1.29, 1.82) is 0 Å². The van der Waals surface area contributed by atoms with Crippen molar-refractivity contribution in [2.75, 3.05) is 44.3 Å². The molecule has 0 spiro atoms. The van der Waals surface area contributed by atoms with Crippen molar-refractivity contribution >= 4 is 33.0 Å². The third-order valence-electron chi connectivity index (χ3n) is 5.47. The third kappa shape index (κ3) is 6.53. The van der Waals surface area contributed by atoms with Gasteiger partial charge in [-0.2, -0.15) is 13.2 Å². The minimum absolute atomic E-state index is 0.0462. The number of ether oxygens (including phenoxy) is 3. The lowest BCUT2D eigenvalue weighted by Crippen LogP contribution is -2.26. The first-order chi connectivity index (χ1) is 17.4. The van der Waals surface area contributed by atoms with E-state index in [4.69, 9.17) is 14.2 Å². The normalized spacial score (nSPS) is 13.0. The maximum atomic E-state index is 13.8. The number of halogens is 3. The van der Waals surface area contributed by atoms with Gasteiger partial charge < -0.3 is 19.5 Å². The SMILES string of the molecule is C=S(C)(=O)N(C)c1ncccc1CCc1nc(Nc2cc(OC)c(OC)c(OC)c2)ncc1C(F)(F)F. The lowest BCUT2D eigenvalue weighted by molar-refractivity contribution is -0.138. The topological polar surface area (TPSA) is 98.7 Å². The number of methoxy groups -OCH3 is 3. The van der Waals surface area contributed by atoms with Gasteiger partial charge in [-0.05, 0) is 30.3 Å². The van der Waals surface area contributed by atoms with E-state index in [0.717, 1.165) is 6.20 Å². The number of alkyl halides is 3. The molecule has 2 aromatic heterocycles. The number of anilines is 3. The summed E-state index contributed by atoms with van der Waals surface area (Å²) in [5.41, 5.74) is -0.126. The average Bonchev–Trinajstić information content (AvgIpc) is 2.85. The Balaban J connectivity index is 1.96. The number of nitrogens with one attached hydrogen (secondary N) is 1. The van der Waals surface area contributed by atoms with Gasteiger partial charge in [0.25, 0.3) is 0 Å². The second kappa shape index (κ2) is 11.1. The molecule has 1 atom stereocenters. The molecule has 37 heavy (non-hydrogen) atoms. The third-order valence-corrected chi connectivity index (χ3v) is 6.80. The first kappa shape index (κ1) is 27.8. The minimum atomic E-state index is -4.65. The molecule has 0 saturated heterocycles. The molecule has 200 valence electrons. The number of rotatable bonds is 10. The van der Waals surface area contributed by atoms with Crippen LogP contribution in [-0.4, -0.2) is 59.7 Å². The zero-order chi connectivity index (χ0) is 27.4.